The highest BCUT2D eigenvalue weighted by Gasteiger charge is 2.03. The van der Waals surface area contributed by atoms with Gasteiger partial charge in [0.05, 0.1) is 0 Å². The average molecular weight is 183 g/mol. The summed E-state index contributed by atoms with van der Waals surface area (Å²) in [6.07, 6.45) is 1.24. The lowest BCUT2D eigenvalue weighted by Crippen LogP contribution is -1.86. The maximum atomic E-state index is 13.0. The normalized spacial score (nSPS) is 10.5. The standard InChI is InChI=1S/C8H4ClFN2/c9-8-5-2-1-3-6(10)7(5)11-4-12-8/h1-4H. The van der Waals surface area contributed by atoms with Gasteiger partial charge in [-0.05, 0) is 12.1 Å². The molecular formula is C8H4ClFN2. The lowest BCUT2D eigenvalue weighted by Gasteiger charge is -1.97. The summed E-state index contributed by atoms with van der Waals surface area (Å²) in [7, 11) is 0. The minimum absolute atomic E-state index is 0.262. The molecule has 0 radical (unpaired) electrons. The minimum atomic E-state index is -0.378. The summed E-state index contributed by atoms with van der Waals surface area (Å²) in [5.74, 6) is -0.378. The summed E-state index contributed by atoms with van der Waals surface area (Å²) >= 11 is 5.71. The molecule has 12 heavy (non-hydrogen) atoms. The molecule has 0 aliphatic carbocycles. The van der Waals surface area contributed by atoms with E-state index in [0.29, 0.717) is 5.39 Å². The summed E-state index contributed by atoms with van der Waals surface area (Å²) < 4.78 is 13.0. The first-order chi connectivity index (χ1) is 5.79. The second-order valence-corrected chi connectivity index (χ2v) is 2.66. The number of para-hydroxylation sites is 1. The van der Waals surface area contributed by atoms with E-state index in [1.807, 2.05) is 0 Å². The number of halogens is 2. The van der Waals surface area contributed by atoms with Crippen LogP contribution in [0.3, 0.4) is 0 Å². The molecule has 0 unspecified atom stereocenters. The number of fused-ring (bicyclic) bond motifs is 1. The van der Waals surface area contributed by atoms with Gasteiger partial charge in [0.2, 0.25) is 0 Å². The van der Waals surface area contributed by atoms with Crippen molar-refractivity contribution in [3.05, 3.63) is 35.5 Å². The van der Waals surface area contributed by atoms with Crippen molar-refractivity contribution in [3.63, 3.8) is 0 Å². The number of nitrogens with zero attached hydrogens (tertiary/aromatic N) is 2. The molecule has 0 N–H and O–H groups in total. The Kier molecular flexibility index (Phi) is 1.66. The maximum absolute atomic E-state index is 13.0. The largest absolute Gasteiger partial charge is 0.233 e. The van der Waals surface area contributed by atoms with Crippen molar-refractivity contribution in [1.29, 1.82) is 0 Å². The molecule has 1 heterocycles. The van der Waals surface area contributed by atoms with Crippen LogP contribution in [-0.4, -0.2) is 9.97 Å². The van der Waals surface area contributed by atoms with Gasteiger partial charge in [0.15, 0.2) is 0 Å². The molecule has 0 saturated carbocycles. The Hall–Kier alpha value is -1.22. The second-order valence-electron chi connectivity index (χ2n) is 2.30. The van der Waals surface area contributed by atoms with Crippen LogP contribution in [0.5, 0.6) is 0 Å². The van der Waals surface area contributed by atoms with Crippen LogP contribution in [0.4, 0.5) is 4.39 Å². The predicted octanol–water partition coefficient (Wildman–Crippen LogP) is 2.42. The zero-order chi connectivity index (χ0) is 8.55. The fourth-order valence-corrected chi connectivity index (χ4v) is 1.22. The SMILES string of the molecule is Fc1cccc2c(Cl)ncnc12. The van der Waals surface area contributed by atoms with Crippen molar-refractivity contribution in [3.8, 4) is 0 Å². The molecule has 0 amide bonds. The van der Waals surface area contributed by atoms with Crippen LogP contribution in [0.25, 0.3) is 10.9 Å². The van der Waals surface area contributed by atoms with Crippen LogP contribution in [0.1, 0.15) is 0 Å². The average Bonchev–Trinajstić information content (AvgIpc) is 2.07. The van der Waals surface area contributed by atoms with Crippen molar-refractivity contribution >= 4 is 22.5 Å². The lowest BCUT2D eigenvalue weighted by molar-refractivity contribution is 0.636. The number of benzene rings is 1. The Morgan fingerprint density at radius 3 is 2.83 bits per heavy atom. The molecule has 1 aromatic heterocycles. The highest BCUT2D eigenvalue weighted by Crippen LogP contribution is 2.20. The van der Waals surface area contributed by atoms with Crippen LogP contribution >= 0.6 is 11.6 Å². The quantitative estimate of drug-likeness (QED) is 0.585. The molecule has 4 heteroatoms. The summed E-state index contributed by atoms with van der Waals surface area (Å²) in [5, 5.41) is 0.818. The fraction of sp³-hybridized carbons (Fsp3) is 0. The van der Waals surface area contributed by atoms with E-state index in [-0.39, 0.29) is 16.5 Å². The number of rotatable bonds is 0. The summed E-state index contributed by atoms with van der Waals surface area (Å²) in [6, 6.07) is 4.60. The number of hydrogen-bond donors (Lipinski definition) is 0. The molecule has 0 bridgehead atoms. The van der Waals surface area contributed by atoms with Gasteiger partial charge in [0, 0.05) is 5.39 Å². The molecule has 0 fully saturated rings. The van der Waals surface area contributed by atoms with Gasteiger partial charge in [-0.1, -0.05) is 17.7 Å². The van der Waals surface area contributed by atoms with Crippen LogP contribution < -0.4 is 0 Å². The fourth-order valence-electron chi connectivity index (χ4n) is 1.02. The van der Waals surface area contributed by atoms with Crippen LogP contribution in [-0.2, 0) is 0 Å². The highest BCUT2D eigenvalue weighted by atomic mass is 35.5. The Balaban J connectivity index is 2.94. The Morgan fingerprint density at radius 1 is 1.25 bits per heavy atom. The smallest absolute Gasteiger partial charge is 0.149 e. The second kappa shape index (κ2) is 2.68. The van der Waals surface area contributed by atoms with Crippen LogP contribution in [0, 0.1) is 5.82 Å². The molecule has 2 aromatic rings. The van der Waals surface area contributed by atoms with Gasteiger partial charge < -0.3 is 0 Å². The summed E-state index contributed by atoms with van der Waals surface area (Å²) in [5.41, 5.74) is 0.262. The van der Waals surface area contributed by atoms with E-state index in [1.165, 1.54) is 12.4 Å². The van der Waals surface area contributed by atoms with Gasteiger partial charge in [-0.3, -0.25) is 0 Å². The van der Waals surface area contributed by atoms with Gasteiger partial charge in [-0.25, -0.2) is 14.4 Å². The molecule has 0 aliphatic rings. The minimum Gasteiger partial charge on any atom is -0.233 e. The van der Waals surface area contributed by atoms with Gasteiger partial charge in [0.1, 0.15) is 22.8 Å². The van der Waals surface area contributed by atoms with E-state index < -0.39 is 0 Å². The zero-order valence-corrected chi connectivity index (χ0v) is 6.72. The van der Waals surface area contributed by atoms with Gasteiger partial charge in [-0.2, -0.15) is 0 Å². The Bertz CT molecular complexity index is 389. The van der Waals surface area contributed by atoms with Crippen molar-refractivity contribution in [2.45, 2.75) is 0 Å². The van der Waals surface area contributed by atoms with E-state index in [9.17, 15) is 4.39 Å². The van der Waals surface area contributed by atoms with Crippen molar-refractivity contribution in [1.82, 2.24) is 9.97 Å². The summed E-state index contributed by atoms with van der Waals surface area (Å²) in [4.78, 5) is 7.51. The van der Waals surface area contributed by atoms with E-state index >= 15 is 0 Å². The Labute approximate surface area is 73.0 Å². The lowest BCUT2D eigenvalue weighted by atomic mass is 10.2. The topological polar surface area (TPSA) is 25.8 Å². The van der Waals surface area contributed by atoms with E-state index in [1.54, 1.807) is 12.1 Å². The monoisotopic (exact) mass is 182 g/mol. The Morgan fingerprint density at radius 2 is 2.08 bits per heavy atom. The third kappa shape index (κ3) is 1.02. The zero-order valence-electron chi connectivity index (χ0n) is 5.96. The van der Waals surface area contributed by atoms with Gasteiger partial charge >= 0.3 is 0 Å². The van der Waals surface area contributed by atoms with E-state index in [2.05, 4.69) is 9.97 Å². The molecule has 60 valence electrons. The molecule has 0 spiro atoms. The van der Waals surface area contributed by atoms with Crippen LogP contribution in [0.15, 0.2) is 24.5 Å². The number of aromatic nitrogens is 2. The van der Waals surface area contributed by atoms with Gasteiger partial charge in [-0.15, -0.1) is 0 Å². The highest BCUT2D eigenvalue weighted by molar-refractivity contribution is 6.33. The molecule has 1 aromatic carbocycles. The summed E-state index contributed by atoms with van der Waals surface area (Å²) in [6.45, 7) is 0. The van der Waals surface area contributed by atoms with Crippen molar-refractivity contribution < 1.29 is 4.39 Å². The molecular weight excluding hydrogens is 179 g/mol. The predicted molar refractivity (Wildman–Crippen MR) is 44.5 cm³/mol. The van der Waals surface area contributed by atoms with Crippen molar-refractivity contribution in [2.75, 3.05) is 0 Å². The first-order valence-electron chi connectivity index (χ1n) is 3.34. The molecule has 2 nitrogen and oxygen atoms in total. The third-order valence-electron chi connectivity index (χ3n) is 1.57. The molecule has 2 rings (SSSR count). The number of hydrogen-bond acceptors (Lipinski definition) is 2. The first kappa shape index (κ1) is 7.43. The molecule has 0 saturated heterocycles. The third-order valence-corrected chi connectivity index (χ3v) is 1.87. The maximum Gasteiger partial charge on any atom is 0.149 e. The van der Waals surface area contributed by atoms with Crippen molar-refractivity contribution in [2.24, 2.45) is 0 Å². The van der Waals surface area contributed by atoms with E-state index in [0.717, 1.165) is 0 Å². The molecule has 0 atom stereocenters. The van der Waals surface area contributed by atoms with Crippen LogP contribution in [0.2, 0.25) is 5.15 Å². The van der Waals surface area contributed by atoms with E-state index in [4.69, 9.17) is 11.6 Å². The van der Waals surface area contributed by atoms with Gasteiger partial charge in [0.25, 0.3) is 0 Å². The molecule has 0 aliphatic heterocycles. The first-order valence-corrected chi connectivity index (χ1v) is 3.71.